The standard InChI is InChI=1S/C12H14ClN/c1-3-10(6-7-14)11-5-4-9(2)12(13)8-11/h3-8H,14H2,1-2H3/b7-6-,10-3+. The molecule has 0 aliphatic rings. The molecule has 74 valence electrons. The first-order valence-electron chi connectivity index (χ1n) is 4.50. The van der Waals surface area contributed by atoms with E-state index in [0.717, 1.165) is 21.7 Å². The molecule has 0 unspecified atom stereocenters. The summed E-state index contributed by atoms with van der Waals surface area (Å²) in [5, 5.41) is 0.785. The van der Waals surface area contributed by atoms with E-state index in [1.807, 2.05) is 44.2 Å². The van der Waals surface area contributed by atoms with Crippen molar-refractivity contribution in [2.75, 3.05) is 0 Å². The van der Waals surface area contributed by atoms with Gasteiger partial charge in [-0.25, -0.2) is 0 Å². The Kier molecular flexibility index (Phi) is 3.78. The third-order valence-electron chi connectivity index (χ3n) is 2.09. The van der Waals surface area contributed by atoms with E-state index >= 15 is 0 Å². The highest BCUT2D eigenvalue weighted by Crippen LogP contribution is 2.22. The van der Waals surface area contributed by atoms with Gasteiger partial charge >= 0.3 is 0 Å². The number of benzene rings is 1. The fraction of sp³-hybridized carbons (Fsp3) is 0.167. The SMILES string of the molecule is C/C=C(\C=C/N)c1ccc(C)c(Cl)c1. The van der Waals surface area contributed by atoms with Gasteiger partial charge in [-0.15, -0.1) is 0 Å². The van der Waals surface area contributed by atoms with Crippen LogP contribution in [0.3, 0.4) is 0 Å². The first-order valence-corrected chi connectivity index (χ1v) is 4.88. The summed E-state index contributed by atoms with van der Waals surface area (Å²) < 4.78 is 0. The molecule has 0 radical (unpaired) electrons. The van der Waals surface area contributed by atoms with E-state index < -0.39 is 0 Å². The highest BCUT2D eigenvalue weighted by Gasteiger charge is 1.99. The summed E-state index contributed by atoms with van der Waals surface area (Å²) in [7, 11) is 0. The summed E-state index contributed by atoms with van der Waals surface area (Å²) in [4.78, 5) is 0. The smallest absolute Gasteiger partial charge is 0.0441 e. The molecule has 0 saturated carbocycles. The predicted molar refractivity (Wildman–Crippen MR) is 63.2 cm³/mol. The third-order valence-corrected chi connectivity index (χ3v) is 2.50. The summed E-state index contributed by atoms with van der Waals surface area (Å²) >= 11 is 6.03. The van der Waals surface area contributed by atoms with Crippen LogP contribution in [0.1, 0.15) is 18.1 Å². The molecule has 0 spiro atoms. The Morgan fingerprint density at radius 2 is 2.14 bits per heavy atom. The Balaban J connectivity index is 3.13. The lowest BCUT2D eigenvalue weighted by atomic mass is 10.0. The summed E-state index contributed by atoms with van der Waals surface area (Å²) in [5.74, 6) is 0. The van der Waals surface area contributed by atoms with E-state index in [4.69, 9.17) is 17.3 Å². The first-order chi connectivity index (χ1) is 6.69. The molecule has 2 N–H and O–H groups in total. The maximum Gasteiger partial charge on any atom is 0.0441 e. The Morgan fingerprint density at radius 1 is 1.43 bits per heavy atom. The van der Waals surface area contributed by atoms with E-state index in [9.17, 15) is 0 Å². The fourth-order valence-corrected chi connectivity index (χ4v) is 1.42. The van der Waals surface area contributed by atoms with E-state index in [1.165, 1.54) is 6.20 Å². The maximum absolute atomic E-state index is 6.03. The van der Waals surface area contributed by atoms with Gasteiger partial charge in [-0.05, 0) is 48.9 Å². The van der Waals surface area contributed by atoms with Crippen LogP contribution in [0.2, 0.25) is 5.02 Å². The largest absolute Gasteiger partial charge is 0.405 e. The normalized spacial score (nSPS) is 12.4. The highest BCUT2D eigenvalue weighted by atomic mass is 35.5. The number of hydrogen-bond acceptors (Lipinski definition) is 1. The van der Waals surface area contributed by atoms with Gasteiger partial charge in [-0.3, -0.25) is 0 Å². The molecule has 1 aromatic carbocycles. The second-order valence-corrected chi connectivity index (χ2v) is 3.47. The van der Waals surface area contributed by atoms with Crippen LogP contribution in [0.5, 0.6) is 0 Å². The molecular weight excluding hydrogens is 194 g/mol. The van der Waals surface area contributed by atoms with Crippen LogP contribution >= 0.6 is 11.6 Å². The molecule has 2 heteroatoms. The van der Waals surface area contributed by atoms with Crippen LogP contribution in [0.25, 0.3) is 5.57 Å². The zero-order chi connectivity index (χ0) is 10.6. The lowest BCUT2D eigenvalue weighted by Crippen LogP contribution is -1.85. The third kappa shape index (κ3) is 2.39. The molecule has 0 atom stereocenters. The lowest BCUT2D eigenvalue weighted by Gasteiger charge is -2.04. The minimum Gasteiger partial charge on any atom is -0.405 e. The van der Waals surface area contributed by atoms with Crippen molar-refractivity contribution >= 4 is 17.2 Å². The molecule has 0 fully saturated rings. The van der Waals surface area contributed by atoms with Gasteiger partial charge in [0, 0.05) is 5.02 Å². The van der Waals surface area contributed by atoms with Crippen molar-refractivity contribution in [1.29, 1.82) is 0 Å². The number of allylic oxidation sites excluding steroid dienone is 3. The van der Waals surface area contributed by atoms with Crippen molar-refractivity contribution in [2.45, 2.75) is 13.8 Å². The Bertz CT molecular complexity index is 378. The summed E-state index contributed by atoms with van der Waals surface area (Å²) in [6.45, 7) is 3.96. The van der Waals surface area contributed by atoms with Crippen molar-refractivity contribution < 1.29 is 0 Å². The Labute approximate surface area is 89.9 Å². The fourth-order valence-electron chi connectivity index (χ4n) is 1.24. The monoisotopic (exact) mass is 207 g/mol. The van der Waals surface area contributed by atoms with Gasteiger partial charge in [-0.1, -0.05) is 29.8 Å². The quantitative estimate of drug-likeness (QED) is 0.738. The molecule has 0 saturated heterocycles. The van der Waals surface area contributed by atoms with Gasteiger partial charge in [0.05, 0.1) is 0 Å². The number of halogens is 1. The van der Waals surface area contributed by atoms with Gasteiger partial charge in [0.2, 0.25) is 0 Å². The second kappa shape index (κ2) is 4.87. The van der Waals surface area contributed by atoms with Gasteiger partial charge in [-0.2, -0.15) is 0 Å². The van der Waals surface area contributed by atoms with Crippen molar-refractivity contribution in [1.82, 2.24) is 0 Å². The Morgan fingerprint density at radius 3 is 2.64 bits per heavy atom. The van der Waals surface area contributed by atoms with E-state index in [-0.39, 0.29) is 0 Å². The highest BCUT2D eigenvalue weighted by molar-refractivity contribution is 6.31. The predicted octanol–water partition coefficient (Wildman–Crippen LogP) is 3.52. The van der Waals surface area contributed by atoms with Gasteiger partial charge in [0.1, 0.15) is 0 Å². The van der Waals surface area contributed by atoms with Crippen molar-refractivity contribution in [2.24, 2.45) is 5.73 Å². The second-order valence-electron chi connectivity index (χ2n) is 3.07. The molecule has 14 heavy (non-hydrogen) atoms. The molecule has 1 nitrogen and oxygen atoms in total. The molecule has 0 aliphatic heterocycles. The van der Waals surface area contributed by atoms with Crippen molar-refractivity contribution in [3.05, 3.63) is 52.7 Å². The number of hydrogen-bond donors (Lipinski definition) is 1. The van der Waals surface area contributed by atoms with Gasteiger partial charge in [0.25, 0.3) is 0 Å². The molecule has 0 bridgehead atoms. The number of rotatable bonds is 2. The molecule has 0 amide bonds. The molecule has 1 aromatic rings. The van der Waals surface area contributed by atoms with Crippen molar-refractivity contribution in [3.63, 3.8) is 0 Å². The van der Waals surface area contributed by atoms with Crippen molar-refractivity contribution in [3.8, 4) is 0 Å². The minimum absolute atomic E-state index is 0.785. The Hall–Kier alpha value is -1.21. The van der Waals surface area contributed by atoms with Gasteiger partial charge in [0.15, 0.2) is 0 Å². The number of aryl methyl sites for hydroxylation is 1. The van der Waals surface area contributed by atoms with Crippen LogP contribution in [0, 0.1) is 6.92 Å². The molecule has 0 aliphatic carbocycles. The zero-order valence-corrected chi connectivity index (χ0v) is 9.18. The van der Waals surface area contributed by atoms with Crippen LogP contribution in [-0.4, -0.2) is 0 Å². The molecular formula is C12H14ClN. The molecule has 0 aromatic heterocycles. The average Bonchev–Trinajstić information content (AvgIpc) is 2.19. The van der Waals surface area contributed by atoms with Crippen LogP contribution in [-0.2, 0) is 0 Å². The average molecular weight is 208 g/mol. The van der Waals surface area contributed by atoms with Crippen LogP contribution < -0.4 is 5.73 Å². The molecule has 1 rings (SSSR count). The topological polar surface area (TPSA) is 26.0 Å². The molecule has 0 heterocycles. The van der Waals surface area contributed by atoms with Crippen LogP contribution in [0.15, 0.2) is 36.6 Å². The minimum atomic E-state index is 0.785. The summed E-state index contributed by atoms with van der Waals surface area (Å²) in [5.41, 5.74) is 8.61. The summed E-state index contributed by atoms with van der Waals surface area (Å²) in [6, 6.07) is 5.99. The van der Waals surface area contributed by atoms with E-state index in [0.29, 0.717) is 0 Å². The lowest BCUT2D eigenvalue weighted by molar-refractivity contribution is 1.45. The zero-order valence-electron chi connectivity index (χ0n) is 8.42. The van der Waals surface area contributed by atoms with Crippen LogP contribution in [0.4, 0.5) is 0 Å². The first kappa shape index (κ1) is 10.9. The maximum atomic E-state index is 6.03. The number of nitrogens with two attached hydrogens (primary N) is 1. The summed E-state index contributed by atoms with van der Waals surface area (Å²) in [6.07, 6.45) is 5.40. The van der Waals surface area contributed by atoms with E-state index in [2.05, 4.69) is 0 Å². The van der Waals surface area contributed by atoms with Gasteiger partial charge < -0.3 is 5.73 Å². The van der Waals surface area contributed by atoms with E-state index in [1.54, 1.807) is 0 Å².